The van der Waals surface area contributed by atoms with Gasteiger partial charge in [0.15, 0.2) is 24.6 Å². The Hall–Kier alpha value is -2.98. The SMILES string of the molecule is C#CCCOC1OC(COS(=O)(=O)c2ccc(C)cc2)C(OC(C)=O)C(OC(C)=O)C1OC(C)=O. The van der Waals surface area contributed by atoms with E-state index in [2.05, 4.69) is 5.92 Å². The predicted octanol–water partition coefficient (Wildman–Crippen LogP) is 1.26. The summed E-state index contributed by atoms with van der Waals surface area (Å²) in [6.07, 6.45) is -1.31. The lowest BCUT2D eigenvalue weighted by Crippen LogP contribution is -2.63. The van der Waals surface area contributed by atoms with Crippen LogP contribution < -0.4 is 0 Å². The summed E-state index contributed by atoms with van der Waals surface area (Å²) >= 11 is 0. The van der Waals surface area contributed by atoms with Crippen LogP contribution in [0.1, 0.15) is 32.8 Å². The molecule has 192 valence electrons. The van der Waals surface area contributed by atoms with Crippen molar-refractivity contribution in [3.05, 3.63) is 29.8 Å². The van der Waals surface area contributed by atoms with Crippen LogP contribution in [0.3, 0.4) is 0 Å². The van der Waals surface area contributed by atoms with Gasteiger partial charge in [0, 0.05) is 27.2 Å². The fourth-order valence-electron chi connectivity index (χ4n) is 3.29. The van der Waals surface area contributed by atoms with E-state index in [1.165, 1.54) is 12.1 Å². The molecule has 0 aromatic heterocycles. The molecule has 35 heavy (non-hydrogen) atoms. The number of hydrogen-bond donors (Lipinski definition) is 0. The van der Waals surface area contributed by atoms with Crippen molar-refractivity contribution in [3.63, 3.8) is 0 Å². The molecule has 0 amide bonds. The summed E-state index contributed by atoms with van der Waals surface area (Å²) in [4.78, 5) is 35.3. The number of aryl methyl sites for hydroxylation is 1. The molecule has 0 saturated carbocycles. The molecular formula is C23H28O11S. The molecule has 0 N–H and O–H groups in total. The lowest BCUT2D eigenvalue weighted by atomic mass is 9.98. The van der Waals surface area contributed by atoms with Crippen molar-refractivity contribution in [3.8, 4) is 12.3 Å². The van der Waals surface area contributed by atoms with Crippen LogP contribution in [0.4, 0.5) is 0 Å². The number of rotatable bonds is 10. The average molecular weight is 513 g/mol. The number of carbonyl (C=O) groups is 3. The van der Waals surface area contributed by atoms with Gasteiger partial charge in [0.2, 0.25) is 0 Å². The molecular weight excluding hydrogens is 484 g/mol. The topological polar surface area (TPSA) is 141 Å². The van der Waals surface area contributed by atoms with Crippen LogP contribution >= 0.6 is 0 Å². The highest BCUT2D eigenvalue weighted by atomic mass is 32.2. The number of benzene rings is 1. The fourth-order valence-corrected chi connectivity index (χ4v) is 4.21. The van der Waals surface area contributed by atoms with Gasteiger partial charge in [-0.25, -0.2) is 0 Å². The third kappa shape index (κ3) is 8.32. The van der Waals surface area contributed by atoms with E-state index >= 15 is 0 Å². The fraction of sp³-hybridized carbons (Fsp3) is 0.522. The van der Waals surface area contributed by atoms with E-state index in [9.17, 15) is 22.8 Å². The number of hydrogen-bond acceptors (Lipinski definition) is 11. The maximum atomic E-state index is 12.7. The van der Waals surface area contributed by atoms with Crippen LogP contribution in [0.2, 0.25) is 0 Å². The monoisotopic (exact) mass is 512 g/mol. The van der Waals surface area contributed by atoms with Gasteiger partial charge < -0.3 is 23.7 Å². The number of esters is 3. The first kappa shape index (κ1) is 28.3. The predicted molar refractivity (Wildman–Crippen MR) is 119 cm³/mol. The van der Waals surface area contributed by atoms with Gasteiger partial charge in [0.1, 0.15) is 6.10 Å². The molecule has 1 heterocycles. The molecule has 1 aromatic rings. The molecule has 12 heteroatoms. The zero-order chi connectivity index (χ0) is 26.2. The van der Waals surface area contributed by atoms with Gasteiger partial charge in [-0.2, -0.15) is 8.42 Å². The highest BCUT2D eigenvalue weighted by molar-refractivity contribution is 7.86. The first-order valence-corrected chi connectivity index (χ1v) is 12.0. The second-order valence-electron chi connectivity index (χ2n) is 7.64. The highest BCUT2D eigenvalue weighted by Crippen LogP contribution is 2.30. The Bertz CT molecular complexity index is 1040. The lowest BCUT2D eigenvalue weighted by Gasteiger charge is -2.44. The molecule has 0 bridgehead atoms. The van der Waals surface area contributed by atoms with E-state index < -0.39 is 65.3 Å². The summed E-state index contributed by atoms with van der Waals surface area (Å²) in [7, 11) is -4.22. The molecule has 11 nitrogen and oxygen atoms in total. The van der Waals surface area contributed by atoms with Gasteiger partial charge in [0.05, 0.1) is 18.1 Å². The molecule has 1 aliphatic rings. The van der Waals surface area contributed by atoms with Crippen LogP contribution in [0.15, 0.2) is 29.2 Å². The first-order chi connectivity index (χ1) is 16.4. The highest BCUT2D eigenvalue weighted by Gasteiger charge is 2.52. The second kappa shape index (κ2) is 12.6. The Morgan fingerprint density at radius 1 is 0.943 bits per heavy atom. The van der Waals surface area contributed by atoms with Crippen molar-refractivity contribution in [2.75, 3.05) is 13.2 Å². The molecule has 0 spiro atoms. The van der Waals surface area contributed by atoms with Crippen molar-refractivity contribution in [1.29, 1.82) is 0 Å². The van der Waals surface area contributed by atoms with Gasteiger partial charge in [-0.1, -0.05) is 17.7 Å². The molecule has 0 aliphatic carbocycles. The Balaban J connectivity index is 2.38. The van der Waals surface area contributed by atoms with E-state index in [0.29, 0.717) is 0 Å². The summed E-state index contributed by atoms with van der Waals surface area (Å²) in [5.41, 5.74) is 0.849. The van der Waals surface area contributed by atoms with E-state index in [4.69, 9.17) is 34.3 Å². The Morgan fingerprint density at radius 2 is 1.49 bits per heavy atom. The van der Waals surface area contributed by atoms with Crippen molar-refractivity contribution < 1.29 is 50.7 Å². The van der Waals surface area contributed by atoms with Crippen molar-refractivity contribution in [2.45, 2.75) is 69.7 Å². The summed E-state index contributed by atoms with van der Waals surface area (Å²) < 4.78 is 57.8. The van der Waals surface area contributed by atoms with Crippen LogP contribution in [0.25, 0.3) is 0 Å². The minimum absolute atomic E-state index is 0.0147. The molecule has 1 aliphatic heterocycles. The van der Waals surface area contributed by atoms with Gasteiger partial charge in [-0.05, 0) is 19.1 Å². The molecule has 5 unspecified atom stereocenters. The van der Waals surface area contributed by atoms with Crippen LogP contribution in [-0.2, 0) is 52.4 Å². The molecule has 1 aromatic carbocycles. The van der Waals surface area contributed by atoms with Crippen molar-refractivity contribution >= 4 is 28.0 Å². The summed E-state index contributed by atoms with van der Waals surface area (Å²) in [6.45, 7) is 4.47. The molecule has 1 fully saturated rings. The van der Waals surface area contributed by atoms with Crippen LogP contribution in [0.5, 0.6) is 0 Å². The third-order valence-corrected chi connectivity index (χ3v) is 6.02. The van der Waals surface area contributed by atoms with Gasteiger partial charge in [-0.15, -0.1) is 12.3 Å². The van der Waals surface area contributed by atoms with Gasteiger partial charge >= 0.3 is 17.9 Å². The number of terminal acetylenes is 1. The van der Waals surface area contributed by atoms with E-state index in [1.54, 1.807) is 19.1 Å². The quantitative estimate of drug-likeness (QED) is 0.147. The van der Waals surface area contributed by atoms with Crippen LogP contribution in [0, 0.1) is 19.3 Å². The smallest absolute Gasteiger partial charge is 0.303 e. The Kier molecular flexibility index (Phi) is 10.2. The maximum Gasteiger partial charge on any atom is 0.303 e. The Labute approximate surface area is 204 Å². The van der Waals surface area contributed by atoms with E-state index in [-0.39, 0.29) is 17.9 Å². The van der Waals surface area contributed by atoms with Crippen molar-refractivity contribution in [1.82, 2.24) is 0 Å². The first-order valence-electron chi connectivity index (χ1n) is 10.6. The summed E-state index contributed by atoms with van der Waals surface area (Å²) in [5.74, 6) is 0.0628. The van der Waals surface area contributed by atoms with Crippen LogP contribution in [-0.4, -0.2) is 70.2 Å². The average Bonchev–Trinajstić information content (AvgIpc) is 2.76. The molecule has 1 saturated heterocycles. The van der Waals surface area contributed by atoms with E-state index in [1.807, 2.05) is 0 Å². The van der Waals surface area contributed by atoms with E-state index in [0.717, 1.165) is 26.3 Å². The minimum Gasteiger partial charge on any atom is -0.456 e. The normalized spacial score (nSPS) is 24.1. The maximum absolute atomic E-state index is 12.7. The standard InChI is InChI=1S/C23H28O11S/c1-6-7-12-29-23-22(33-17(5)26)21(32-16(4)25)20(31-15(3)24)19(34-23)13-30-35(27,28)18-10-8-14(2)9-11-18/h1,8-11,19-23H,7,12-13H2,2-5H3. The largest absolute Gasteiger partial charge is 0.456 e. The molecule has 2 rings (SSSR count). The Morgan fingerprint density at radius 3 is 2.03 bits per heavy atom. The summed E-state index contributed by atoms with van der Waals surface area (Å²) in [6, 6.07) is 5.95. The third-order valence-electron chi connectivity index (χ3n) is 4.72. The molecule has 5 atom stereocenters. The summed E-state index contributed by atoms with van der Waals surface area (Å²) in [5, 5.41) is 0. The number of carbonyl (C=O) groups excluding carboxylic acids is 3. The zero-order valence-corrected chi connectivity index (χ0v) is 20.6. The van der Waals surface area contributed by atoms with Gasteiger partial charge in [0.25, 0.3) is 10.1 Å². The minimum atomic E-state index is -4.22. The van der Waals surface area contributed by atoms with Crippen molar-refractivity contribution in [2.24, 2.45) is 0 Å². The molecule has 0 radical (unpaired) electrons. The van der Waals surface area contributed by atoms with Gasteiger partial charge in [-0.3, -0.25) is 18.6 Å². The second-order valence-corrected chi connectivity index (χ2v) is 9.26. The number of ether oxygens (including phenoxy) is 5. The lowest BCUT2D eigenvalue weighted by molar-refractivity contribution is -0.306. The zero-order valence-electron chi connectivity index (χ0n) is 19.8.